The molecule has 0 unspecified atom stereocenters. The van der Waals surface area contributed by atoms with E-state index in [0.29, 0.717) is 15.9 Å². The van der Waals surface area contributed by atoms with E-state index in [1.54, 1.807) is 6.07 Å². The van der Waals surface area contributed by atoms with Crippen LogP contribution in [0.15, 0.2) is 30.3 Å². The Morgan fingerprint density at radius 2 is 1.89 bits per heavy atom. The van der Waals surface area contributed by atoms with E-state index in [0.717, 1.165) is 29.8 Å². The lowest BCUT2D eigenvalue weighted by molar-refractivity contribution is 0.970. The Labute approximate surface area is 123 Å². The Bertz CT molecular complexity index is 582. The van der Waals surface area contributed by atoms with Gasteiger partial charge in [0.1, 0.15) is 5.82 Å². The summed E-state index contributed by atoms with van der Waals surface area (Å²) in [5.41, 5.74) is 2.94. The van der Waals surface area contributed by atoms with Crippen molar-refractivity contribution in [2.75, 3.05) is 11.9 Å². The zero-order chi connectivity index (χ0) is 13.8. The Hall–Kier alpha value is -1.25. The topological polar surface area (TPSA) is 24.9 Å². The molecule has 2 rings (SSSR count). The van der Waals surface area contributed by atoms with Crippen LogP contribution in [0.1, 0.15) is 18.9 Å². The molecule has 4 heteroatoms. The summed E-state index contributed by atoms with van der Waals surface area (Å²) in [6, 6.07) is 9.78. The SMILES string of the molecule is CCCNc1nc(-c2ccccc2C)c(Cl)cc1Cl. The third-order valence-electron chi connectivity index (χ3n) is 2.87. The highest BCUT2D eigenvalue weighted by Gasteiger charge is 2.12. The van der Waals surface area contributed by atoms with Crippen molar-refractivity contribution in [1.82, 2.24) is 4.98 Å². The van der Waals surface area contributed by atoms with Crippen LogP contribution in [0.5, 0.6) is 0 Å². The van der Waals surface area contributed by atoms with Crippen molar-refractivity contribution in [2.24, 2.45) is 0 Å². The predicted molar refractivity (Wildman–Crippen MR) is 83.2 cm³/mol. The molecule has 0 fully saturated rings. The number of halogens is 2. The molecule has 2 nitrogen and oxygen atoms in total. The molecule has 0 atom stereocenters. The lowest BCUT2D eigenvalue weighted by Crippen LogP contribution is -2.03. The van der Waals surface area contributed by atoms with Gasteiger partial charge in [0.05, 0.1) is 15.7 Å². The lowest BCUT2D eigenvalue weighted by Gasteiger charge is -2.12. The Balaban J connectivity index is 2.48. The van der Waals surface area contributed by atoms with Crippen molar-refractivity contribution in [3.05, 3.63) is 45.9 Å². The second-order valence-electron chi connectivity index (χ2n) is 4.39. The average molecular weight is 295 g/mol. The smallest absolute Gasteiger partial charge is 0.145 e. The third-order valence-corrected chi connectivity index (χ3v) is 3.45. The van der Waals surface area contributed by atoms with Gasteiger partial charge in [-0.1, -0.05) is 54.4 Å². The summed E-state index contributed by atoms with van der Waals surface area (Å²) in [7, 11) is 0. The molecule has 1 N–H and O–H groups in total. The lowest BCUT2D eigenvalue weighted by atomic mass is 10.1. The zero-order valence-corrected chi connectivity index (χ0v) is 12.5. The first-order chi connectivity index (χ1) is 9.13. The summed E-state index contributed by atoms with van der Waals surface area (Å²) >= 11 is 12.4. The van der Waals surface area contributed by atoms with Gasteiger partial charge in [-0.05, 0) is 25.0 Å². The molecule has 0 spiro atoms. The minimum atomic E-state index is 0.552. The van der Waals surface area contributed by atoms with Crippen LogP contribution in [-0.2, 0) is 0 Å². The fourth-order valence-electron chi connectivity index (χ4n) is 1.86. The molecule has 2 aromatic rings. The number of nitrogens with zero attached hydrogens (tertiary/aromatic N) is 1. The molecule has 0 aliphatic rings. The van der Waals surface area contributed by atoms with Gasteiger partial charge < -0.3 is 5.32 Å². The Morgan fingerprint density at radius 1 is 1.16 bits per heavy atom. The van der Waals surface area contributed by atoms with Crippen molar-refractivity contribution in [2.45, 2.75) is 20.3 Å². The zero-order valence-electron chi connectivity index (χ0n) is 11.0. The van der Waals surface area contributed by atoms with Gasteiger partial charge >= 0.3 is 0 Å². The van der Waals surface area contributed by atoms with Gasteiger partial charge in [0, 0.05) is 12.1 Å². The number of hydrogen-bond donors (Lipinski definition) is 1. The van der Waals surface area contributed by atoms with E-state index >= 15 is 0 Å². The van der Waals surface area contributed by atoms with Crippen LogP contribution in [-0.4, -0.2) is 11.5 Å². The van der Waals surface area contributed by atoms with Gasteiger partial charge in [0.25, 0.3) is 0 Å². The predicted octanol–water partition coefficient (Wildman–Crippen LogP) is 5.19. The van der Waals surface area contributed by atoms with Crippen LogP contribution in [0.4, 0.5) is 5.82 Å². The van der Waals surface area contributed by atoms with Gasteiger partial charge in [-0.2, -0.15) is 0 Å². The maximum atomic E-state index is 6.27. The number of rotatable bonds is 4. The van der Waals surface area contributed by atoms with E-state index in [1.807, 2.05) is 31.2 Å². The van der Waals surface area contributed by atoms with Gasteiger partial charge in [-0.3, -0.25) is 0 Å². The first-order valence-corrected chi connectivity index (χ1v) is 7.05. The minimum absolute atomic E-state index is 0.552. The summed E-state index contributed by atoms with van der Waals surface area (Å²) in [5.74, 6) is 0.686. The van der Waals surface area contributed by atoms with E-state index in [2.05, 4.69) is 17.2 Å². The summed E-state index contributed by atoms with van der Waals surface area (Å²) in [6.45, 7) is 4.97. The molecule has 0 bridgehead atoms. The molecule has 0 aliphatic carbocycles. The van der Waals surface area contributed by atoms with Gasteiger partial charge in [-0.15, -0.1) is 0 Å². The van der Waals surface area contributed by atoms with Crippen molar-refractivity contribution < 1.29 is 0 Å². The van der Waals surface area contributed by atoms with Crippen LogP contribution in [0, 0.1) is 6.92 Å². The van der Waals surface area contributed by atoms with Crippen LogP contribution < -0.4 is 5.32 Å². The number of hydrogen-bond acceptors (Lipinski definition) is 2. The van der Waals surface area contributed by atoms with E-state index < -0.39 is 0 Å². The fourth-order valence-corrected chi connectivity index (χ4v) is 2.39. The summed E-state index contributed by atoms with van der Waals surface area (Å²) in [6.07, 6.45) is 1.01. The molecular weight excluding hydrogens is 279 g/mol. The van der Waals surface area contributed by atoms with Crippen LogP contribution in [0.3, 0.4) is 0 Å². The minimum Gasteiger partial charge on any atom is -0.369 e. The molecule has 100 valence electrons. The molecule has 0 saturated heterocycles. The van der Waals surface area contributed by atoms with E-state index in [-0.39, 0.29) is 0 Å². The highest BCUT2D eigenvalue weighted by atomic mass is 35.5. The maximum Gasteiger partial charge on any atom is 0.145 e. The quantitative estimate of drug-likeness (QED) is 0.840. The standard InChI is InChI=1S/C15H16Cl2N2/c1-3-8-18-15-13(17)9-12(16)14(19-15)11-7-5-4-6-10(11)2/h4-7,9H,3,8H2,1-2H3,(H,18,19). The fraction of sp³-hybridized carbons (Fsp3) is 0.267. The Morgan fingerprint density at radius 3 is 2.58 bits per heavy atom. The highest BCUT2D eigenvalue weighted by molar-refractivity contribution is 6.37. The number of benzene rings is 1. The van der Waals surface area contributed by atoms with Crippen molar-refractivity contribution in [3.63, 3.8) is 0 Å². The Kier molecular flexibility index (Phi) is 4.67. The molecule has 19 heavy (non-hydrogen) atoms. The van der Waals surface area contributed by atoms with E-state index in [1.165, 1.54) is 0 Å². The number of anilines is 1. The number of aromatic nitrogens is 1. The van der Waals surface area contributed by atoms with E-state index in [9.17, 15) is 0 Å². The molecule has 1 aromatic heterocycles. The normalized spacial score (nSPS) is 10.5. The molecule has 0 amide bonds. The highest BCUT2D eigenvalue weighted by Crippen LogP contribution is 2.33. The van der Waals surface area contributed by atoms with Crippen molar-refractivity contribution >= 4 is 29.0 Å². The van der Waals surface area contributed by atoms with Crippen molar-refractivity contribution in [1.29, 1.82) is 0 Å². The van der Waals surface area contributed by atoms with Crippen LogP contribution >= 0.6 is 23.2 Å². The summed E-state index contributed by atoms with van der Waals surface area (Å²) in [4.78, 5) is 4.57. The number of pyridine rings is 1. The summed E-state index contributed by atoms with van der Waals surface area (Å²) < 4.78 is 0. The number of aryl methyl sites for hydroxylation is 1. The molecular formula is C15H16Cl2N2. The van der Waals surface area contributed by atoms with Crippen LogP contribution in [0.25, 0.3) is 11.3 Å². The van der Waals surface area contributed by atoms with Crippen molar-refractivity contribution in [3.8, 4) is 11.3 Å². The number of nitrogens with one attached hydrogen (secondary N) is 1. The van der Waals surface area contributed by atoms with Gasteiger partial charge in [0.2, 0.25) is 0 Å². The largest absolute Gasteiger partial charge is 0.369 e. The molecule has 0 aliphatic heterocycles. The summed E-state index contributed by atoms with van der Waals surface area (Å²) in [5, 5.41) is 4.34. The average Bonchev–Trinajstić information content (AvgIpc) is 2.39. The third kappa shape index (κ3) is 3.20. The van der Waals surface area contributed by atoms with Gasteiger partial charge in [-0.25, -0.2) is 4.98 Å². The first kappa shape index (κ1) is 14.2. The second kappa shape index (κ2) is 6.27. The molecule has 0 radical (unpaired) electrons. The maximum absolute atomic E-state index is 6.27. The molecule has 0 saturated carbocycles. The molecule has 1 aromatic carbocycles. The second-order valence-corrected chi connectivity index (χ2v) is 5.21. The van der Waals surface area contributed by atoms with Gasteiger partial charge in [0.15, 0.2) is 0 Å². The van der Waals surface area contributed by atoms with Crippen LogP contribution in [0.2, 0.25) is 10.0 Å². The molecule has 1 heterocycles. The first-order valence-electron chi connectivity index (χ1n) is 6.29. The monoisotopic (exact) mass is 294 g/mol. The van der Waals surface area contributed by atoms with E-state index in [4.69, 9.17) is 23.2 Å².